The van der Waals surface area contributed by atoms with Crippen LogP contribution in [0.2, 0.25) is 0 Å². The highest BCUT2D eigenvalue weighted by molar-refractivity contribution is 8.00. The summed E-state index contributed by atoms with van der Waals surface area (Å²) >= 11 is 1.62. The van der Waals surface area contributed by atoms with Crippen LogP contribution in [0.1, 0.15) is 58.6 Å². The summed E-state index contributed by atoms with van der Waals surface area (Å²) in [5.41, 5.74) is 5.35. The van der Waals surface area contributed by atoms with E-state index in [1.165, 1.54) is 16.0 Å². The molecule has 3 aliphatic rings. The van der Waals surface area contributed by atoms with E-state index >= 15 is 0 Å². The van der Waals surface area contributed by atoms with Crippen LogP contribution in [0, 0.1) is 0 Å². The van der Waals surface area contributed by atoms with Crippen LogP contribution in [-0.2, 0) is 22.7 Å². The van der Waals surface area contributed by atoms with Gasteiger partial charge in [0.2, 0.25) is 11.8 Å². The number of imide groups is 1. The Hall–Kier alpha value is -3.62. The van der Waals surface area contributed by atoms with Gasteiger partial charge in [-0.3, -0.25) is 24.6 Å². The van der Waals surface area contributed by atoms with Crippen molar-refractivity contribution < 1.29 is 14.4 Å². The highest BCUT2D eigenvalue weighted by Gasteiger charge is 2.39. The molecule has 2 fully saturated rings. The normalized spacial score (nSPS) is 20.2. The molecule has 0 spiro atoms. The van der Waals surface area contributed by atoms with Crippen LogP contribution in [-0.4, -0.2) is 46.7 Å². The zero-order valence-electron chi connectivity index (χ0n) is 21.8. The van der Waals surface area contributed by atoms with Gasteiger partial charge in [0.25, 0.3) is 5.91 Å². The third kappa shape index (κ3) is 5.72. The van der Waals surface area contributed by atoms with Gasteiger partial charge in [0, 0.05) is 35.7 Å². The van der Waals surface area contributed by atoms with Crippen molar-refractivity contribution in [1.29, 1.82) is 0 Å². The summed E-state index contributed by atoms with van der Waals surface area (Å²) in [5.74, 6) is -0.280. The van der Waals surface area contributed by atoms with Crippen LogP contribution < -0.4 is 10.0 Å². The zero-order chi connectivity index (χ0) is 26.8. The van der Waals surface area contributed by atoms with Crippen LogP contribution in [0.3, 0.4) is 0 Å². The molecule has 1 unspecified atom stereocenters. The SMILES string of the molecule is O=C1CCC(N2Cc3cc(C4CCN(Cc5cccc(NSc6ccccc6)c5)CC4)ccc3C2=O)C(=O)N1. The summed E-state index contributed by atoms with van der Waals surface area (Å²) in [7, 11) is 0. The predicted octanol–water partition coefficient (Wildman–Crippen LogP) is 4.95. The van der Waals surface area contributed by atoms with Crippen LogP contribution in [0.15, 0.2) is 77.7 Å². The third-order valence-corrected chi connectivity index (χ3v) is 8.82. The monoisotopic (exact) mass is 540 g/mol. The Balaban J connectivity index is 1.03. The molecule has 0 aromatic heterocycles. The molecule has 0 radical (unpaired) electrons. The third-order valence-electron chi connectivity index (χ3n) is 7.97. The van der Waals surface area contributed by atoms with Crippen LogP contribution >= 0.6 is 11.9 Å². The van der Waals surface area contributed by atoms with Crippen LogP contribution in [0.25, 0.3) is 0 Å². The first kappa shape index (κ1) is 25.6. The van der Waals surface area contributed by atoms with Gasteiger partial charge < -0.3 is 9.62 Å². The molecule has 39 heavy (non-hydrogen) atoms. The number of likely N-dealkylation sites (tertiary alicyclic amines) is 1. The minimum atomic E-state index is -0.570. The molecular weight excluding hydrogens is 508 g/mol. The van der Waals surface area contributed by atoms with E-state index in [1.54, 1.807) is 16.8 Å². The molecule has 1 atom stereocenters. The van der Waals surface area contributed by atoms with Crippen molar-refractivity contribution in [3.05, 3.63) is 95.1 Å². The van der Waals surface area contributed by atoms with Crippen molar-refractivity contribution in [1.82, 2.24) is 15.1 Å². The number of carbonyl (C=O) groups is 3. The van der Waals surface area contributed by atoms with Gasteiger partial charge in [-0.25, -0.2) is 0 Å². The maximum atomic E-state index is 13.0. The minimum Gasteiger partial charge on any atom is -0.326 e. The Morgan fingerprint density at radius 2 is 1.72 bits per heavy atom. The summed E-state index contributed by atoms with van der Waals surface area (Å²) in [6, 6.07) is 24.6. The van der Waals surface area contributed by atoms with Gasteiger partial charge in [-0.1, -0.05) is 42.5 Å². The van der Waals surface area contributed by atoms with Crippen molar-refractivity contribution in [3.8, 4) is 0 Å². The number of fused-ring (bicyclic) bond motifs is 1. The number of nitrogens with one attached hydrogen (secondary N) is 2. The lowest BCUT2D eigenvalue weighted by Crippen LogP contribution is -2.52. The topological polar surface area (TPSA) is 81.8 Å². The lowest BCUT2D eigenvalue weighted by molar-refractivity contribution is -0.136. The van der Waals surface area contributed by atoms with Gasteiger partial charge in [-0.15, -0.1) is 0 Å². The number of benzene rings is 3. The van der Waals surface area contributed by atoms with E-state index < -0.39 is 6.04 Å². The van der Waals surface area contributed by atoms with E-state index in [-0.39, 0.29) is 24.1 Å². The molecule has 0 aliphatic carbocycles. The largest absolute Gasteiger partial charge is 0.326 e. The van der Waals surface area contributed by atoms with Crippen LogP contribution in [0.4, 0.5) is 5.69 Å². The van der Waals surface area contributed by atoms with E-state index in [0.717, 1.165) is 43.7 Å². The average Bonchev–Trinajstić information content (AvgIpc) is 3.28. The second-order valence-electron chi connectivity index (χ2n) is 10.6. The molecule has 3 amide bonds. The van der Waals surface area contributed by atoms with Gasteiger partial charge in [-0.05, 0) is 97.2 Å². The van der Waals surface area contributed by atoms with Crippen molar-refractivity contribution >= 4 is 35.4 Å². The summed E-state index contributed by atoms with van der Waals surface area (Å²) in [5, 5.41) is 2.37. The zero-order valence-corrected chi connectivity index (χ0v) is 22.6. The maximum absolute atomic E-state index is 13.0. The standard InChI is InChI=1S/C31H32N4O3S/c36-29-12-11-28(30(37)32-29)35-20-24-18-23(9-10-27(24)31(35)38)22-13-15-34(16-14-22)19-21-5-4-6-25(17-21)33-39-26-7-2-1-3-8-26/h1-10,17-18,22,28,33H,11-16,19-20H2,(H,32,36,37). The first-order valence-electron chi connectivity index (χ1n) is 13.6. The molecule has 6 rings (SSSR count). The van der Waals surface area contributed by atoms with Crippen LogP contribution in [0.5, 0.6) is 0 Å². The number of anilines is 1. The molecule has 3 aliphatic heterocycles. The van der Waals surface area contributed by atoms with Crippen molar-refractivity contribution in [3.63, 3.8) is 0 Å². The molecule has 3 aromatic rings. The fourth-order valence-corrected chi connectivity index (χ4v) is 6.53. The lowest BCUT2D eigenvalue weighted by atomic mass is 9.87. The number of piperidine rings is 2. The van der Waals surface area contributed by atoms with E-state index in [4.69, 9.17) is 0 Å². The van der Waals surface area contributed by atoms with Gasteiger partial charge >= 0.3 is 0 Å². The fraction of sp³-hybridized carbons (Fsp3) is 0.323. The smallest absolute Gasteiger partial charge is 0.255 e. The van der Waals surface area contributed by atoms with Gasteiger partial charge in [-0.2, -0.15) is 0 Å². The van der Waals surface area contributed by atoms with E-state index in [0.29, 0.717) is 24.4 Å². The molecule has 8 heteroatoms. The number of rotatable bonds is 7. The molecule has 7 nitrogen and oxygen atoms in total. The Labute approximate surface area is 233 Å². The highest BCUT2D eigenvalue weighted by atomic mass is 32.2. The maximum Gasteiger partial charge on any atom is 0.255 e. The minimum absolute atomic E-state index is 0.111. The van der Waals surface area contributed by atoms with E-state index in [9.17, 15) is 14.4 Å². The Bertz CT molecular complexity index is 1390. The first-order chi connectivity index (χ1) is 19.0. The summed E-state index contributed by atoms with van der Waals surface area (Å²) < 4.78 is 3.45. The van der Waals surface area contributed by atoms with Gasteiger partial charge in [0.05, 0.1) is 0 Å². The summed E-state index contributed by atoms with van der Waals surface area (Å²) in [4.78, 5) is 42.2. The molecule has 2 saturated heterocycles. The molecule has 3 aromatic carbocycles. The number of hydrogen-bond donors (Lipinski definition) is 2. The molecular formula is C31H32N4O3S. The fourth-order valence-electron chi connectivity index (χ4n) is 5.87. The van der Waals surface area contributed by atoms with Crippen molar-refractivity contribution in [2.75, 3.05) is 17.8 Å². The predicted molar refractivity (Wildman–Crippen MR) is 152 cm³/mol. The molecule has 0 saturated carbocycles. The highest BCUT2D eigenvalue weighted by Crippen LogP contribution is 2.34. The first-order valence-corrected chi connectivity index (χ1v) is 14.4. The van der Waals surface area contributed by atoms with Gasteiger partial charge in [0.1, 0.15) is 6.04 Å². The van der Waals surface area contributed by atoms with Crippen molar-refractivity contribution in [2.24, 2.45) is 0 Å². The number of nitrogens with zero attached hydrogens (tertiary/aromatic N) is 2. The lowest BCUT2D eigenvalue weighted by Gasteiger charge is -2.32. The second-order valence-corrected chi connectivity index (χ2v) is 11.5. The second kappa shape index (κ2) is 11.2. The Kier molecular flexibility index (Phi) is 7.39. The molecule has 200 valence electrons. The van der Waals surface area contributed by atoms with E-state index in [2.05, 4.69) is 63.5 Å². The molecule has 2 N–H and O–H groups in total. The Morgan fingerprint density at radius 3 is 2.51 bits per heavy atom. The quantitative estimate of drug-likeness (QED) is 0.326. The molecule has 0 bridgehead atoms. The average molecular weight is 541 g/mol. The van der Waals surface area contributed by atoms with Gasteiger partial charge in [0.15, 0.2) is 0 Å². The summed E-state index contributed by atoms with van der Waals surface area (Å²) in [6.07, 6.45) is 2.81. The number of amides is 3. The van der Waals surface area contributed by atoms with E-state index in [1.807, 2.05) is 24.3 Å². The van der Waals surface area contributed by atoms with Crippen molar-refractivity contribution in [2.45, 2.75) is 55.6 Å². The Morgan fingerprint density at radius 1 is 0.897 bits per heavy atom. The summed E-state index contributed by atoms with van der Waals surface area (Å²) in [6.45, 7) is 3.41. The number of hydrogen-bond acceptors (Lipinski definition) is 6. The molecule has 3 heterocycles. The number of carbonyl (C=O) groups excluding carboxylic acids is 3.